The molecule has 2 aromatic carbocycles. The van der Waals surface area contributed by atoms with Crippen molar-refractivity contribution in [1.29, 1.82) is 0 Å². The number of hydrogen-bond acceptors (Lipinski definition) is 3. The van der Waals surface area contributed by atoms with E-state index in [0.717, 1.165) is 37.6 Å². The average molecular weight is 326 g/mol. The fourth-order valence-electron chi connectivity index (χ4n) is 1.78. The Morgan fingerprint density at radius 1 is 0.682 bits per heavy atom. The van der Waals surface area contributed by atoms with E-state index in [2.05, 4.69) is 38.1 Å². The second-order valence-corrected chi connectivity index (χ2v) is 5.89. The Morgan fingerprint density at radius 2 is 1.05 bits per heavy atom. The summed E-state index contributed by atoms with van der Waals surface area (Å²) in [5, 5.41) is 0. The molecule has 2 nitrogen and oxygen atoms in total. The van der Waals surface area contributed by atoms with E-state index in [-0.39, 0.29) is 29.6 Å². The van der Waals surface area contributed by atoms with Crippen molar-refractivity contribution in [3.63, 3.8) is 0 Å². The van der Waals surface area contributed by atoms with Gasteiger partial charge in [-0.15, -0.1) is 0 Å². The maximum absolute atomic E-state index is 5.59. The summed E-state index contributed by atoms with van der Waals surface area (Å²) in [6.07, 6.45) is 2.06. The third-order valence-electron chi connectivity index (χ3n) is 2.83. The molecule has 0 aromatic heterocycles. The summed E-state index contributed by atoms with van der Waals surface area (Å²) in [6.45, 7) is 5.76. The molecule has 0 aliphatic rings. The van der Waals surface area contributed by atoms with Crippen molar-refractivity contribution < 1.29 is 9.47 Å². The van der Waals surface area contributed by atoms with Crippen LogP contribution in [-0.4, -0.2) is 42.8 Å². The van der Waals surface area contributed by atoms with E-state index in [9.17, 15) is 0 Å². The summed E-state index contributed by atoms with van der Waals surface area (Å²) in [5.74, 6) is 1.87. The summed E-state index contributed by atoms with van der Waals surface area (Å²) in [5.41, 5.74) is 0. The molecule has 0 amide bonds. The van der Waals surface area contributed by atoms with Gasteiger partial charge in [-0.3, -0.25) is 0 Å². The van der Waals surface area contributed by atoms with E-state index < -0.39 is 0 Å². The van der Waals surface area contributed by atoms with E-state index in [1.165, 1.54) is 9.79 Å². The van der Waals surface area contributed by atoms with E-state index >= 15 is 0 Å². The molecule has 2 rings (SSSR count). The van der Waals surface area contributed by atoms with Crippen LogP contribution in [0.3, 0.4) is 0 Å². The first-order valence-electron chi connectivity index (χ1n) is 7.45. The molecule has 2 aromatic rings. The SMILES string of the molecule is CCCOc1ccc(Sc2ccc(OCCC)cc2)cc1.[NaH]. The standard InChI is InChI=1S/C18H22O2S.Na.H/c1-3-13-19-15-5-9-17(10-6-15)21-18-11-7-16(8-12-18)20-14-4-2;;/h5-12H,3-4,13-14H2,1-2H3;;. The van der Waals surface area contributed by atoms with Crippen LogP contribution in [0.1, 0.15) is 26.7 Å². The molecule has 0 unspecified atom stereocenters. The molecule has 0 spiro atoms. The molecule has 0 heterocycles. The van der Waals surface area contributed by atoms with Crippen molar-refractivity contribution in [3.05, 3.63) is 48.5 Å². The number of rotatable bonds is 8. The van der Waals surface area contributed by atoms with Crippen molar-refractivity contribution >= 4 is 41.3 Å². The second kappa shape index (κ2) is 11.0. The predicted octanol–water partition coefficient (Wildman–Crippen LogP) is 4.77. The van der Waals surface area contributed by atoms with Crippen LogP contribution in [0, 0.1) is 0 Å². The Morgan fingerprint density at radius 3 is 1.36 bits per heavy atom. The third-order valence-corrected chi connectivity index (χ3v) is 3.84. The van der Waals surface area contributed by atoms with Crippen molar-refractivity contribution in [2.45, 2.75) is 36.5 Å². The van der Waals surface area contributed by atoms with Crippen LogP contribution in [0.5, 0.6) is 11.5 Å². The molecule has 0 atom stereocenters. The Labute approximate surface area is 159 Å². The van der Waals surface area contributed by atoms with Crippen LogP contribution < -0.4 is 9.47 Å². The summed E-state index contributed by atoms with van der Waals surface area (Å²) in [6, 6.07) is 16.5. The van der Waals surface area contributed by atoms with Gasteiger partial charge in [-0.2, -0.15) is 0 Å². The first-order chi connectivity index (χ1) is 10.3. The van der Waals surface area contributed by atoms with Crippen LogP contribution in [0.4, 0.5) is 0 Å². The first kappa shape index (κ1) is 19.4. The summed E-state index contributed by atoms with van der Waals surface area (Å²) in [4.78, 5) is 2.42. The fourth-order valence-corrected chi connectivity index (χ4v) is 2.60. The normalized spacial score (nSPS) is 9.91. The summed E-state index contributed by atoms with van der Waals surface area (Å²) < 4.78 is 11.2. The molecule has 0 saturated carbocycles. The molecule has 0 aliphatic heterocycles. The third kappa shape index (κ3) is 6.66. The molecule has 0 bridgehead atoms. The van der Waals surface area contributed by atoms with Crippen molar-refractivity contribution in [2.75, 3.05) is 13.2 Å². The molecular formula is C18H23NaO2S. The van der Waals surface area contributed by atoms with E-state index in [0.29, 0.717) is 0 Å². The van der Waals surface area contributed by atoms with Gasteiger partial charge in [0.05, 0.1) is 13.2 Å². The van der Waals surface area contributed by atoms with Gasteiger partial charge in [-0.1, -0.05) is 25.6 Å². The molecule has 22 heavy (non-hydrogen) atoms. The average Bonchev–Trinajstić information content (AvgIpc) is 2.53. The monoisotopic (exact) mass is 326 g/mol. The van der Waals surface area contributed by atoms with Gasteiger partial charge in [-0.05, 0) is 61.4 Å². The Hall–Kier alpha value is -0.610. The number of benzene rings is 2. The quantitative estimate of drug-likeness (QED) is 0.651. The second-order valence-electron chi connectivity index (χ2n) is 4.74. The summed E-state index contributed by atoms with van der Waals surface area (Å²) >= 11 is 1.74. The van der Waals surface area contributed by atoms with Gasteiger partial charge in [0, 0.05) is 9.79 Å². The fraction of sp³-hybridized carbons (Fsp3) is 0.333. The van der Waals surface area contributed by atoms with E-state index in [4.69, 9.17) is 9.47 Å². The van der Waals surface area contributed by atoms with Gasteiger partial charge in [-0.25, -0.2) is 0 Å². The van der Waals surface area contributed by atoms with Crippen LogP contribution in [0.15, 0.2) is 58.3 Å². The van der Waals surface area contributed by atoms with Crippen molar-refractivity contribution in [1.82, 2.24) is 0 Å². The van der Waals surface area contributed by atoms with Gasteiger partial charge >= 0.3 is 29.6 Å². The molecule has 4 heteroatoms. The zero-order valence-corrected chi connectivity index (χ0v) is 13.5. The molecule has 114 valence electrons. The van der Waals surface area contributed by atoms with Gasteiger partial charge in [0.1, 0.15) is 11.5 Å². The summed E-state index contributed by atoms with van der Waals surface area (Å²) in [7, 11) is 0. The molecular weight excluding hydrogens is 303 g/mol. The minimum absolute atomic E-state index is 0. The van der Waals surface area contributed by atoms with Crippen molar-refractivity contribution in [3.8, 4) is 11.5 Å². The predicted molar refractivity (Wildman–Crippen MR) is 95.7 cm³/mol. The number of ether oxygens (including phenoxy) is 2. The van der Waals surface area contributed by atoms with Crippen molar-refractivity contribution in [2.24, 2.45) is 0 Å². The molecule has 0 fully saturated rings. The van der Waals surface area contributed by atoms with Crippen LogP contribution in [0.25, 0.3) is 0 Å². The zero-order valence-electron chi connectivity index (χ0n) is 12.7. The van der Waals surface area contributed by atoms with Gasteiger partial charge < -0.3 is 9.47 Å². The van der Waals surface area contributed by atoms with Crippen LogP contribution in [-0.2, 0) is 0 Å². The van der Waals surface area contributed by atoms with E-state index in [1.807, 2.05) is 24.3 Å². The number of hydrogen-bond donors (Lipinski definition) is 0. The molecule has 0 saturated heterocycles. The van der Waals surface area contributed by atoms with E-state index in [1.54, 1.807) is 11.8 Å². The Kier molecular flexibility index (Phi) is 9.73. The Bertz CT molecular complexity index is 476. The van der Waals surface area contributed by atoms with Gasteiger partial charge in [0.2, 0.25) is 0 Å². The van der Waals surface area contributed by atoms with Gasteiger partial charge in [0.15, 0.2) is 0 Å². The Balaban J connectivity index is 0.00000242. The molecule has 0 radical (unpaired) electrons. The molecule has 0 N–H and O–H groups in total. The zero-order chi connectivity index (χ0) is 14.9. The van der Waals surface area contributed by atoms with Gasteiger partial charge in [0.25, 0.3) is 0 Å². The minimum atomic E-state index is 0. The first-order valence-corrected chi connectivity index (χ1v) is 8.27. The maximum atomic E-state index is 5.59. The topological polar surface area (TPSA) is 18.5 Å². The van der Waals surface area contributed by atoms with Crippen LogP contribution >= 0.6 is 11.8 Å². The van der Waals surface area contributed by atoms with Crippen LogP contribution in [0.2, 0.25) is 0 Å². The molecule has 0 aliphatic carbocycles.